The van der Waals surface area contributed by atoms with Gasteiger partial charge in [-0.2, -0.15) is 5.10 Å². The van der Waals surface area contributed by atoms with E-state index in [0.29, 0.717) is 42.6 Å². The van der Waals surface area contributed by atoms with Crippen molar-refractivity contribution in [1.82, 2.24) is 14.7 Å². The first-order valence-electron chi connectivity index (χ1n) is 11.5. The molecule has 1 aliphatic rings. The highest BCUT2D eigenvalue weighted by atomic mass is 35.5. The fraction of sp³-hybridized carbons (Fsp3) is 0.185. The van der Waals surface area contributed by atoms with Crippen molar-refractivity contribution in [3.05, 3.63) is 107 Å². The number of piperazine rings is 1. The number of ether oxygens (including phenoxy) is 1. The number of aromatic nitrogens is 2. The van der Waals surface area contributed by atoms with Crippen LogP contribution in [0.4, 0.5) is 14.5 Å². The van der Waals surface area contributed by atoms with Gasteiger partial charge in [-0.15, -0.1) is 0 Å². The van der Waals surface area contributed by atoms with Crippen molar-refractivity contribution in [2.45, 2.75) is 6.61 Å². The number of hydrogen-bond acceptors (Lipinski definition) is 4. The minimum atomic E-state index is -0.369. The molecule has 9 heteroatoms. The van der Waals surface area contributed by atoms with Gasteiger partial charge in [-0.05, 0) is 54.1 Å². The van der Waals surface area contributed by atoms with E-state index < -0.39 is 0 Å². The summed E-state index contributed by atoms with van der Waals surface area (Å²) in [6, 6.07) is 19.4. The quantitative estimate of drug-likeness (QED) is 0.352. The lowest BCUT2D eigenvalue weighted by Gasteiger charge is -2.36. The van der Waals surface area contributed by atoms with Crippen LogP contribution >= 0.6 is 11.6 Å². The Hall–Kier alpha value is -3.91. The molecular weight excluding hydrogens is 486 g/mol. The fourth-order valence-electron chi connectivity index (χ4n) is 4.09. The van der Waals surface area contributed by atoms with E-state index >= 15 is 0 Å². The summed E-state index contributed by atoms with van der Waals surface area (Å²) >= 11 is 6.34. The maximum Gasteiger partial charge on any atom is 0.278 e. The summed E-state index contributed by atoms with van der Waals surface area (Å²) in [5.74, 6) is -0.674. The number of nitrogens with zero attached hydrogens (tertiary/aromatic N) is 4. The molecule has 0 spiro atoms. The summed E-state index contributed by atoms with van der Waals surface area (Å²) in [5, 5.41) is 5.16. The van der Waals surface area contributed by atoms with Gasteiger partial charge < -0.3 is 14.5 Å². The van der Waals surface area contributed by atoms with Crippen molar-refractivity contribution in [1.29, 1.82) is 0 Å². The van der Waals surface area contributed by atoms with E-state index in [1.165, 1.54) is 28.9 Å². The smallest absolute Gasteiger partial charge is 0.278 e. The Labute approximate surface area is 212 Å². The Morgan fingerprint density at radius 1 is 0.889 bits per heavy atom. The van der Waals surface area contributed by atoms with E-state index in [0.717, 1.165) is 11.3 Å². The molecule has 1 aliphatic heterocycles. The average Bonchev–Trinajstić information content (AvgIpc) is 3.33. The molecule has 1 aromatic heterocycles. The molecule has 0 radical (unpaired) electrons. The maximum atomic E-state index is 13.5. The van der Waals surface area contributed by atoms with Crippen LogP contribution < -0.4 is 9.64 Å². The largest absolute Gasteiger partial charge is 0.485 e. The van der Waals surface area contributed by atoms with E-state index in [1.54, 1.807) is 35.4 Å². The molecule has 0 N–H and O–H groups in total. The Balaban J connectivity index is 1.36. The SMILES string of the molecule is O=C(c1nn(-c2ccc(F)cc2)cc1OCc1ccc(F)cc1)N1CCN(c2ccccc2Cl)CC1. The van der Waals surface area contributed by atoms with E-state index in [9.17, 15) is 13.6 Å². The maximum absolute atomic E-state index is 13.5. The van der Waals surface area contributed by atoms with Crippen molar-refractivity contribution < 1.29 is 18.3 Å². The Morgan fingerprint density at radius 2 is 1.53 bits per heavy atom. The van der Waals surface area contributed by atoms with Crippen LogP contribution in [-0.2, 0) is 6.61 Å². The number of halogens is 3. The van der Waals surface area contributed by atoms with Crippen LogP contribution in [0.2, 0.25) is 5.02 Å². The molecule has 0 bridgehead atoms. The van der Waals surface area contributed by atoms with Gasteiger partial charge in [0, 0.05) is 26.2 Å². The molecule has 4 aromatic rings. The number of carbonyl (C=O) groups is 1. The third-order valence-electron chi connectivity index (χ3n) is 6.04. The van der Waals surface area contributed by atoms with Crippen molar-refractivity contribution in [3.8, 4) is 11.4 Å². The predicted octanol–water partition coefficient (Wildman–Crippen LogP) is 5.35. The number of amides is 1. The number of anilines is 1. The topological polar surface area (TPSA) is 50.6 Å². The summed E-state index contributed by atoms with van der Waals surface area (Å²) in [5.41, 5.74) is 2.44. The minimum absolute atomic E-state index is 0.135. The molecule has 1 fully saturated rings. The molecule has 0 saturated carbocycles. The van der Waals surface area contributed by atoms with E-state index in [1.807, 2.05) is 24.3 Å². The highest BCUT2D eigenvalue weighted by Gasteiger charge is 2.28. The number of carbonyl (C=O) groups excluding carboxylic acids is 1. The molecule has 0 aliphatic carbocycles. The van der Waals surface area contributed by atoms with E-state index in [4.69, 9.17) is 16.3 Å². The highest BCUT2D eigenvalue weighted by molar-refractivity contribution is 6.33. The van der Waals surface area contributed by atoms with Gasteiger partial charge in [-0.1, -0.05) is 35.9 Å². The first-order chi connectivity index (χ1) is 17.5. The average molecular weight is 509 g/mol. The third kappa shape index (κ3) is 5.18. The van der Waals surface area contributed by atoms with Gasteiger partial charge in [-0.3, -0.25) is 4.79 Å². The number of para-hydroxylation sites is 1. The fourth-order valence-corrected chi connectivity index (χ4v) is 4.34. The van der Waals surface area contributed by atoms with Crippen LogP contribution in [0.1, 0.15) is 16.1 Å². The lowest BCUT2D eigenvalue weighted by atomic mass is 10.2. The Bertz CT molecular complexity index is 1350. The first-order valence-corrected chi connectivity index (χ1v) is 11.9. The van der Waals surface area contributed by atoms with Crippen molar-refractivity contribution in [3.63, 3.8) is 0 Å². The molecule has 6 nitrogen and oxygen atoms in total. The minimum Gasteiger partial charge on any atom is -0.485 e. The van der Waals surface area contributed by atoms with Crippen LogP contribution in [0.15, 0.2) is 79.0 Å². The first kappa shape index (κ1) is 23.8. The van der Waals surface area contributed by atoms with Crippen LogP contribution in [0.25, 0.3) is 5.69 Å². The molecule has 36 heavy (non-hydrogen) atoms. The molecule has 2 heterocycles. The summed E-state index contributed by atoms with van der Waals surface area (Å²) in [7, 11) is 0. The van der Waals surface area contributed by atoms with E-state index in [-0.39, 0.29) is 29.8 Å². The van der Waals surface area contributed by atoms with E-state index in [2.05, 4.69) is 10.00 Å². The van der Waals surface area contributed by atoms with Gasteiger partial charge in [0.05, 0.1) is 22.6 Å². The van der Waals surface area contributed by atoms with Gasteiger partial charge in [-0.25, -0.2) is 13.5 Å². The lowest BCUT2D eigenvalue weighted by Crippen LogP contribution is -2.49. The summed E-state index contributed by atoms with van der Waals surface area (Å²) in [4.78, 5) is 17.4. The van der Waals surface area contributed by atoms with Gasteiger partial charge in [0.15, 0.2) is 11.4 Å². The summed E-state index contributed by atoms with van der Waals surface area (Å²) in [6.07, 6.45) is 1.60. The zero-order chi connectivity index (χ0) is 25.1. The standard InChI is InChI=1S/C27H23ClF2N4O2/c28-23-3-1-2-4-24(23)32-13-15-33(16-14-32)27(35)26-25(36-18-19-5-7-20(29)8-6-19)17-34(31-26)22-11-9-21(30)10-12-22/h1-12,17H,13-16,18H2. The van der Waals surface area contributed by atoms with Crippen LogP contribution in [0.3, 0.4) is 0 Å². The third-order valence-corrected chi connectivity index (χ3v) is 6.36. The normalized spacial score (nSPS) is 13.6. The zero-order valence-corrected chi connectivity index (χ0v) is 20.0. The second kappa shape index (κ2) is 10.4. The summed E-state index contributed by atoms with van der Waals surface area (Å²) < 4.78 is 34.1. The predicted molar refractivity (Wildman–Crippen MR) is 134 cm³/mol. The second-order valence-electron chi connectivity index (χ2n) is 8.41. The highest BCUT2D eigenvalue weighted by Crippen LogP contribution is 2.28. The molecule has 3 aromatic carbocycles. The molecule has 1 saturated heterocycles. The molecule has 184 valence electrons. The lowest BCUT2D eigenvalue weighted by molar-refractivity contribution is 0.0735. The van der Waals surface area contributed by atoms with Gasteiger partial charge >= 0.3 is 0 Å². The van der Waals surface area contributed by atoms with Gasteiger partial charge in [0.25, 0.3) is 5.91 Å². The number of hydrogen-bond donors (Lipinski definition) is 0. The molecule has 5 rings (SSSR count). The van der Waals surface area contributed by atoms with Crippen LogP contribution in [0, 0.1) is 11.6 Å². The molecule has 1 amide bonds. The van der Waals surface area contributed by atoms with Crippen molar-refractivity contribution in [2.75, 3.05) is 31.1 Å². The summed E-state index contributed by atoms with van der Waals surface area (Å²) in [6.45, 7) is 2.37. The van der Waals surface area contributed by atoms with Gasteiger partial charge in [0.2, 0.25) is 0 Å². The second-order valence-corrected chi connectivity index (χ2v) is 8.82. The Morgan fingerprint density at radius 3 is 2.19 bits per heavy atom. The number of rotatable bonds is 6. The number of benzene rings is 3. The Kier molecular flexibility index (Phi) is 6.86. The van der Waals surface area contributed by atoms with Crippen molar-refractivity contribution >= 4 is 23.2 Å². The molecular formula is C27H23ClF2N4O2. The van der Waals surface area contributed by atoms with Crippen LogP contribution in [-0.4, -0.2) is 46.8 Å². The molecule has 0 unspecified atom stereocenters. The molecule has 0 atom stereocenters. The zero-order valence-electron chi connectivity index (χ0n) is 19.3. The van der Waals surface area contributed by atoms with Gasteiger partial charge in [0.1, 0.15) is 18.2 Å². The monoisotopic (exact) mass is 508 g/mol. The van der Waals surface area contributed by atoms with Crippen LogP contribution in [0.5, 0.6) is 5.75 Å². The van der Waals surface area contributed by atoms with Crippen molar-refractivity contribution in [2.24, 2.45) is 0 Å².